The van der Waals surface area contributed by atoms with Gasteiger partial charge in [0.1, 0.15) is 12.1 Å². The van der Waals surface area contributed by atoms with Gasteiger partial charge >= 0.3 is 0 Å². The van der Waals surface area contributed by atoms with E-state index in [0.29, 0.717) is 0 Å². The van der Waals surface area contributed by atoms with Gasteiger partial charge in [-0.3, -0.25) is 9.89 Å². The molecule has 1 aliphatic heterocycles. The minimum absolute atomic E-state index is 0.0956. The van der Waals surface area contributed by atoms with Gasteiger partial charge in [0.05, 0.1) is 5.69 Å². The largest absolute Gasteiger partial charge is 0.364 e. The number of nitrogens with zero attached hydrogens (tertiary/aromatic N) is 4. The predicted molar refractivity (Wildman–Crippen MR) is 107 cm³/mol. The van der Waals surface area contributed by atoms with Crippen molar-refractivity contribution in [3.05, 3.63) is 53.7 Å². The van der Waals surface area contributed by atoms with E-state index in [2.05, 4.69) is 25.3 Å². The molecule has 7 heteroatoms. The molecule has 0 atom stereocenters. The third-order valence-electron chi connectivity index (χ3n) is 6.11. The monoisotopic (exact) mass is 385 g/mol. The van der Waals surface area contributed by atoms with Crippen LogP contribution in [0.1, 0.15) is 30.5 Å². The summed E-state index contributed by atoms with van der Waals surface area (Å²) in [5.74, 6) is 0.778. The summed E-state index contributed by atoms with van der Waals surface area (Å²) in [6.07, 6.45) is 5.11. The van der Waals surface area contributed by atoms with Crippen LogP contribution in [0.25, 0.3) is 0 Å². The Morgan fingerprint density at radius 3 is 2.50 bits per heavy atom. The van der Waals surface area contributed by atoms with Crippen molar-refractivity contribution in [3.8, 4) is 0 Å². The van der Waals surface area contributed by atoms with E-state index in [-0.39, 0.29) is 11.2 Å². The van der Waals surface area contributed by atoms with Crippen molar-refractivity contribution < 1.29 is 8.91 Å². The van der Waals surface area contributed by atoms with Crippen LogP contribution >= 0.6 is 0 Å². The van der Waals surface area contributed by atoms with E-state index in [4.69, 9.17) is 4.52 Å². The molecule has 1 aliphatic carbocycles. The minimum atomic E-state index is -0.175. The van der Waals surface area contributed by atoms with Crippen molar-refractivity contribution in [2.45, 2.75) is 31.2 Å². The highest BCUT2D eigenvalue weighted by atomic mass is 19.1. The van der Waals surface area contributed by atoms with Gasteiger partial charge in [-0.1, -0.05) is 23.7 Å². The average molecular weight is 385 g/mol. The molecule has 2 aromatic rings. The first-order valence-electron chi connectivity index (χ1n) is 10.0. The molecule has 1 aromatic heterocycles. The zero-order chi connectivity index (χ0) is 19.4. The second-order valence-electron chi connectivity index (χ2n) is 7.80. The van der Waals surface area contributed by atoms with E-state index in [1.165, 1.54) is 12.0 Å². The fourth-order valence-electron chi connectivity index (χ4n) is 4.22. The Hall–Kier alpha value is -2.41. The second kappa shape index (κ2) is 8.31. The van der Waals surface area contributed by atoms with Crippen LogP contribution in [-0.4, -0.2) is 60.7 Å². The van der Waals surface area contributed by atoms with Crippen LogP contribution in [-0.2, 0) is 12.0 Å². The van der Waals surface area contributed by atoms with E-state index in [9.17, 15) is 4.39 Å². The molecule has 1 N–H and O–H groups in total. The molecule has 1 saturated heterocycles. The molecule has 150 valence electrons. The van der Waals surface area contributed by atoms with E-state index in [1.54, 1.807) is 18.4 Å². The van der Waals surface area contributed by atoms with Gasteiger partial charge in [-0.15, -0.1) is 0 Å². The Morgan fingerprint density at radius 1 is 1.18 bits per heavy atom. The smallest absolute Gasteiger partial charge is 0.193 e. The lowest BCUT2D eigenvalue weighted by atomic mass is 9.64. The quantitative estimate of drug-likeness (QED) is 0.633. The number of guanidine groups is 1. The number of piperazine rings is 1. The van der Waals surface area contributed by atoms with Crippen LogP contribution in [0.4, 0.5) is 4.39 Å². The van der Waals surface area contributed by atoms with Crippen molar-refractivity contribution in [1.29, 1.82) is 0 Å². The summed E-state index contributed by atoms with van der Waals surface area (Å²) in [5, 5.41) is 7.59. The normalized spacial score (nSPS) is 20.1. The van der Waals surface area contributed by atoms with Crippen molar-refractivity contribution in [2.75, 3.05) is 39.8 Å². The molecule has 28 heavy (non-hydrogen) atoms. The summed E-state index contributed by atoms with van der Waals surface area (Å²) in [5.41, 5.74) is 2.29. The van der Waals surface area contributed by atoms with Gasteiger partial charge in [-0.05, 0) is 30.5 Å². The van der Waals surface area contributed by atoms with Crippen molar-refractivity contribution in [1.82, 2.24) is 20.3 Å². The van der Waals surface area contributed by atoms with Crippen LogP contribution in [0.15, 0.2) is 46.1 Å². The molecule has 1 aromatic carbocycles. The molecule has 1 saturated carbocycles. The number of hydrogen-bond acceptors (Lipinski definition) is 4. The first-order valence-corrected chi connectivity index (χ1v) is 10.0. The molecule has 2 fully saturated rings. The molecule has 6 nitrogen and oxygen atoms in total. The van der Waals surface area contributed by atoms with Gasteiger partial charge in [0.15, 0.2) is 5.96 Å². The Labute approximate surface area is 165 Å². The summed E-state index contributed by atoms with van der Waals surface area (Å²) in [6, 6.07) is 8.92. The summed E-state index contributed by atoms with van der Waals surface area (Å²) in [4.78, 5) is 9.21. The molecule has 0 amide bonds. The number of benzene rings is 1. The molecular weight excluding hydrogens is 357 g/mol. The maximum atomic E-state index is 13.3. The molecule has 0 bridgehead atoms. The molecule has 2 heterocycles. The van der Waals surface area contributed by atoms with Gasteiger partial charge in [0, 0.05) is 57.8 Å². The van der Waals surface area contributed by atoms with Crippen molar-refractivity contribution in [2.24, 2.45) is 4.99 Å². The highest BCUT2D eigenvalue weighted by molar-refractivity contribution is 5.80. The number of nitrogens with one attached hydrogen (secondary N) is 1. The number of aromatic nitrogens is 1. The average Bonchev–Trinajstić information content (AvgIpc) is 3.19. The fourth-order valence-corrected chi connectivity index (χ4v) is 4.22. The molecule has 0 spiro atoms. The van der Waals surface area contributed by atoms with Gasteiger partial charge in [-0.25, -0.2) is 4.39 Å². The highest BCUT2D eigenvalue weighted by Gasteiger charge is 2.39. The number of hydrogen-bond donors (Lipinski definition) is 1. The summed E-state index contributed by atoms with van der Waals surface area (Å²) in [6.45, 7) is 5.46. The van der Waals surface area contributed by atoms with Crippen LogP contribution in [0, 0.1) is 5.82 Å². The standard InChI is InChI=1S/C21H28FN5O/c1-23-20(27-12-10-26(11-13-27)15-19-7-14-28-25-19)24-16-21(8-2-9-21)17-3-5-18(22)6-4-17/h3-7,14H,2,8-13,15-16H2,1H3,(H,23,24). The Kier molecular flexibility index (Phi) is 5.62. The SMILES string of the molecule is CN=C(NCC1(c2ccc(F)cc2)CCC1)N1CCN(Cc2ccon2)CC1. The summed E-state index contributed by atoms with van der Waals surface area (Å²) >= 11 is 0. The maximum Gasteiger partial charge on any atom is 0.193 e. The van der Waals surface area contributed by atoms with E-state index in [1.807, 2.05) is 25.2 Å². The third kappa shape index (κ3) is 4.04. The zero-order valence-electron chi connectivity index (χ0n) is 16.4. The van der Waals surface area contributed by atoms with E-state index < -0.39 is 0 Å². The van der Waals surface area contributed by atoms with Crippen molar-refractivity contribution in [3.63, 3.8) is 0 Å². The number of halogens is 1. The minimum Gasteiger partial charge on any atom is -0.364 e. The fraction of sp³-hybridized carbons (Fsp3) is 0.524. The van der Waals surface area contributed by atoms with Crippen molar-refractivity contribution >= 4 is 5.96 Å². The van der Waals surface area contributed by atoms with Gasteiger partial charge in [0.25, 0.3) is 0 Å². The molecule has 0 radical (unpaired) electrons. The van der Waals surface area contributed by atoms with Gasteiger partial charge in [0.2, 0.25) is 0 Å². The molecular formula is C21H28FN5O. The van der Waals surface area contributed by atoms with E-state index >= 15 is 0 Å². The van der Waals surface area contributed by atoms with Gasteiger partial charge in [-0.2, -0.15) is 0 Å². The van der Waals surface area contributed by atoms with Gasteiger partial charge < -0.3 is 14.7 Å². The van der Waals surface area contributed by atoms with E-state index in [0.717, 1.165) is 63.8 Å². The first kappa shape index (κ1) is 18.9. The molecule has 2 aliphatic rings. The summed E-state index contributed by atoms with van der Waals surface area (Å²) in [7, 11) is 1.84. The Balaban J connectivity index is 1.32. The highest BCUT2D eigenvalue weighted by Crippen LogP contribution is 2.43. The van der Waals surface area contributed by atoms with Crippen LogP contribution in [0.5, 0.6) is 0 Å². The predicted octanol–water partition coefficient (Wildman–Crippen LogP) is 2.63. The third-order valence-corrected chi connectivity index (χ3v) is 6.11. The summed E-state index contributed by atoms with van der Waals surface area (Å²) < 4.78 is 18.2. The Bertz CT molecular complexity index is 778. The lowest BCUT2D eigenvalue weighted by molar-refractivity contribution is 0.167. The molecule has 0 unspecified atom stereocenters. The Morgan fingerprint density at radius 2 is 1.93 bits per heavy atom. The first-order chi connectivity index (χ1) is 13.7. The zero-order valence-corrected chi connectivity index (χ0v) is 16.4. The number of rotatable bonds is 5. The molecule has 4 rings (SSSR count). The lowest BCUT2D eigenvalue weighted by Crippen LogP contribution is -2.55. The van der Waals surface area contributed by atoms with Crippen LogP contribution < -0.4 is 5.32 Å². The van der Waals surface area contributed by atoms with Crippen LogP contribution in [0.3, 0.4) is 0 Å². The number of aliphatic imine (C=N–C) groups is 1. The second-order valence-corrected chi connectivity index (χ2v) is 7.80. The van der Waals surface area contributed by atoms with Crippen LogP contribution in [0.2, 0.25) is 0 Å². The topological polar surface area (TPSA) is 56.9 Å². The lowest BCUT2D eigenvalue weighted by Gasteiger charge is -2.44. The maximum absolute atomic E-state index is 13.3.